The van der Waals surface area contributed by atoms with E-state index in [1.165, 1.54) is 7.11 Å². The molecular formula is C5H11NO4S. The maximum absolute atomic E-state index is 10.5. The second-order valence-corrected chi connectivity index (χ2v) is 3.84. The molecule has 0 amide bonds. The highest BCUT2D eigenvalue weighted by molar-refractivity contribution is 7.84. The summed E-state index contributed by atoms with van der Waals surface area (Å²) in [5.41, 5.74) is -0.650. The van der Waals surface area contributed by atoms with Crippen molar-refractivity contribution >= 4 is 10.3 Å². The molecule has 0 heterocycles. The molecule has 0 saturated heterocycles. The molecule has 0 aromatic rings. The first-order valence-electron chi connectivity index (χ1n) is 3.20. The third kappa shape index (κ3) is 2.74. The van der Waals surface area contributed by atoms with Crippen LogP contribution in [-0.2, 0) is 19.2 Å². The van der Waals surface area contributed by atoms with Crippen molar-refractivity contribution in [1.82, 2.24) is 0 Å². The Bertz CT molecular complexity index is 231. The summed E-state index contributed by atoms with van der Waals surface area (Å²) in [6, 6.07) is 0. The fourth-order valence-electron chi connectivity index (χ4n) is 0.901. The van der Waals surface area contributed by atoms with Gasteiger partial charge in [-0.1, -0.05) is 0 Å². The van der Waals surface area contributed by atoms with Gasteiger partial charge in [-0.2, -0.15) is 8.42 Å². The topological polar surface area (TPSA) is 78.6 Å². The first-order chi connectivity index (χ1) is 4.97. The van der Waals surface area contributed by atoms with Gasteiger partial charge >= 0.3 is 10.3 Å². The van der Waals surface area contributed by atoms with E-state index in [0.717, 1.165) is 0 Å². The quantitative estimate of drug-likeness (QED) is 0.627. The Hall–Kier alpha value is -0.170. The smallest absolute Gasteiger partial charge is 0.333 e. The summed E-state index contributed by atoms with van der Waals surface area (Å²) < 4.78 is 30.3. The van der Waals surface area contributed by atoms with Gasteiger partial charge in [-0.15, -0.1) is 0 Å². The number of rotatable bonds is 4. The van der Waals surface area contributed by atoms with Crippen molar-refractivity contribution in [3.05, 3.63) is 0 Å². The van der Waals surface area contributed by atoms with E-state index in [1.807, 2.05) is 0 Å². The van der Waals surface area contributed by atoms with Crippen molar-refractivity contribution in [2.24, 2.45) is 5.14 Å². The van der Waals surface area contributed by atoms with Crippen molar-refractivity contribution in [2.75, 3.05) is 13.7 Å². The van der Waals surface area contributed by atoms with E-state index >= 15 is 0 Å². The van der Waals surface area contributed by atoms with E-state index in [2.05, 4.69) is 9.32 Å². The van der Waals surface area contributed by atoms with Crippen LogP contribution in [0.3, 0.4) is 0 Å². The molecule has 6 heteroatoms. The molecule has 0 atom stereocenters. The second kappa shape index (κ2) is 2.71. The van der Waals surface area contributed by atoms with Gasteiger partial charge in [0.15, 0.2) is 0 Å². The number of methoxy groups -OCH3 is 1. The predicted octanol–water partition coefficient (Wildman–Crippen LogP) is -0.614. The number of nitrogens with two attached hydrogens (primary N) is 1. The van der Waals surface area contributed by atoms with E-state index in [-0.39, 0.29) is 6.61 Å². The second-order valence-electron chi connectivity index (χ2n) is 2.69. The van der Waals surface area contributed by atoms with Crippen LogP contribution in [0, 0.1) is 0 Å². The van der Waals surface area contributed by atoms with Crippen molar-refractivity contribution in [1.29, 1.82) is 0 Å². The van der Waals surface area contributed by atoms with Gasteiger partial charge in [0.1, 0.15) is 5.60 Å². The van der Waals surface area contributed by atoms with Crippen molar-refractivity contribution < 1.29 is 17.3 Å². The minimum absolute atomic E-state index is 0.281. The molecule has 2 N–H and O–H groups in total. The Morgan fingerprint density at radius 3 is 2.36 bits per heavy atom. The van der Waals surface area contributed by atoms with Crippen molar-refractivity contribution in [3.63, 3.8) is 0 Å². The minimum atomic E-state index is -3.82. The summed E-state index contributed by atoms with van der Waals surface area (Å²) >= 11 is 0. The molecule has 1 fully saturated rings. The number of ether oxygens (including phenoxy) is 1. The summed E-state index contributed by atoms with van der Waals surface area (Å²) in [4.78, 5) is 0. The van der Waals surface area contributed by atoms with Crippen LogP contribution in [0.15, 0.2) is 0 Å². The summed E-state index contributed by atoms with van der Waals surface area (Å²) in [7, 11) is -2.33. The van der Waals surface area contributed by atoms with Gasteiger partial charge in [-0.25, -0.2) is 9.32 Å². The SMILES string of the molecule is COCC1(OS(N)(=O)=O)CC1. The summed E-state index contributed by atoms with van der Waals surface area (Å²) in [6.07, 6.45) is 1.38. The van der Waals surface area contributed by atoms with Gasteiger partial charge in [-0.3, -0.25) is 0 Å². The minimum Gasteiger partial charge on any atom is -0.382 e. The van der Waals surface area contributed by atoms with Gasteiger partial charge in [0, 0.05) is 7.11 Å². The first kappa shape index (κ1) is 8.92. The molecule has 1 saturated carbocycles. The van der Waals surface area contributed by atoms with Crippen LogP contribution in [0.2, 0.25) is 0 Å². The molecule has 0 unspecified atom stereocenters. The third-order valence-corrected chi connectivity index (χ3v) is 2.09. The highest BCUT2D eigenvalue weighted by Gasteiger charge is 2.47. The Kier molecular flexibility index (Phi) is 2.19. The Balaban J connectivity index is 2.48. The fourth-order valence-corrected chi connectivity index (χ4v) is 1.61. The number of hydrogen-bond donors (Lipinski definition) is 1. The molecule has 11 heavy (non-hydrogen) atoms. The normalized spacial score (nSPS) is 21.6. The van der Waals surface area contributed by atoms with E-state index < -0.39 is 15.9 Å². The molecule has 1 aliphatic carbocycles. The van der Waals surface area contributed by atoms with E-state index in [1.54, 1.807) is 0 Å². The molecule has 0 bridgehead atoms. The average molecular weight is 181 g/mol. The lowest BCUT2D eigenvalue weighted by atomic mass is 10.4. The Morgan fingerprint density at radius 1 is 1.55 bits per heavy atom. The monoisotopic (exact) mass is 181 g/mol. The lowest BCUT2D eigenvalue weighted by Gasteiger charge is -2.11. The molecular weight excluding hydrogens is 170 g/mol. The van der Waals surface area contributed by atoms with Gasteiger partial charge in [-0.05, 0) is 12.8 Å². The standard InChI is InChI=1S/C5H11NO4S/c1-9-4-5(2-3-5)10-11(6,7)8/h2-4H2,1H3,(H2,6,7,8). The van der Waals surface area contributed by atoms with Gasteiger partial charge in [0.25, 0.3) is 0 Å². The molecule has 0 aliphatic heterocycles. The van der Waals surface area contributed by atoms with Crippen LogP contribution in [0.25, 0.3) is 0 Å². The lowest BCUT2D eigenvalue weighted by Crippen LogP contribution is -2.28. The average Bonchev–Trinajstić information content (AvgIpc) is 2.44. The molecule has 66 valence electrons. The molecule has 0 radical (unpaired) electrons. The largest absolute Gasteiger partial charge is 0.382 e. The zero-order valence-corrected chi connectivity index (χ0v) is 7.06. The van der Waals surface area contributed by atoms with Gasteiger partial charge < -0.3 is 4.74 Å². The number of hydrogen-bond acceptors (Lipinski definition) is 4. The molecule has 0 aromatic carbocycles. The van der Waals surface area contributed by atoms with Crippen LogP contribution in [0.1, 0.15) is 12.8 Å². The Labute approximate surface area is 65.7 Å². The molecule has 5 nitrogen and oxygen atoms in total. The fraction of sp³-hybridized carbons (Fsp3) is 1.00. The van der Waals surface area contributed by atoms with Gasteiger partial charge in [0.05, 0.1) is 6.61 Å². The lowest BCUT2D eigenvalue weighted by molar-refractivity contribution is 0.0686. The summed E-state index contributed by atoms with van der Waals surface area (Å²) in [6.45, 7) is 0.281. The zero-order valence-electron chi connectivity index (χ0n) is 6.24. The molecule has 1 rings (SSSR count). The molecule has 1 aliphatic rings. The molecule has 0 aromatic heterocycles. The first-order valence-corrected chi connectivity index (χ1v) is 4.67. The van der Waals surface area contributed by atoms with Crippen LogP contribution < -0.4 is 5.14 Å². The molecule has 0 spiro atoms. The zero-order chi connectivity index (χ0) is 8.54. The third-order valence-electron chi connectivity index (χ3n) is 1.51. The summed E-state index contributed by atoms with van der Waals surface area (Å²) in [5, 5.41) is 4.69. The highest BCUT2D eigenvalue weighted by Crippen LogP contribution is 2.40. The van der Waals surface area contributed by atoms with E-state index in [9.17, 15) is 8.42 Å². The van der Waals surface area contributed by atoms with Crippen LogP contribution in [-0.4, -0.2) is 27.7 Å². The van der Waals surface area contributed by atoms with E-state index in [4.69, 9.17) is 4.74 Å². The van der Waals surface area contributed by atoms with Crippen molar-refractivity contribution in [3.8, 4) is 0 Å². The Morgan fingerprint density at radius 2 is 2.09 bits per heavy atom. The van der Waals surface area contributed by atoms with Crippen LogP contribution in [0.4, 0.5) is 0 Å². The predicted molar refractivity (Wildman–Crippen MR) is 38.0 cm³/mol. The van der Waals surface area contributed by atoms with E-state index in [0.29, 0.717) is 12.8 Å². The maximum atomic E-state index is 10.5. The van der Waals surface area contributed by atoms with Crippen LogP contribution >= 0.6 is 0 Å². The van der Waals surface area contributed by atoms with Crippen molar-refractivity contribution in [2.45, 2.75) is 18.4 Å². The summed E-state index contributed by atoms with van der Waals surface area (Å²) in [5.74, 6) is 0. The maximum Gasteiger partial charge on any atom is 0.333 e. The van der Waals surface area contributed by atoms with Crippen LogP contribution in [0.5, 0.6) is 0 Å². The highest BCUT2D eigenvalue weighted by atomic mass is 32.2. The van der Waals surface area contributed by atoms with Gasteiger partial charge in [0.2, 0.25) is 0 Å².